The number of H-pyrrole nitrogens is 2. The average molecular weight is 280 g/mol. The number of aromatic nitrogens is 4. The summed E-state index contributed by atoms with van der Waals surface area (Å²) in [5, 5.41) is 13.6. The van der Waals surface area contributed by atoms with Crippen molar-refractivity contribution >= 4 is 16.7 Å². The Morgan fingerprint density at radius 2 is 2.14 bits per heavy atom. The van der Waals surface area contributed by atoms with Gasteiger partial charge in [0.25, 0.3) is 0 Å². The molecule has 21 heavy (non-hydrogen) atoms. The second kappa shape index (κ2) is 4.66. The first-order valence-electron chi connectivity index (χ1n) is 7.00. The smallest absolute Gasteiger partial charge is 0.158 e. The Labute approximate surface area is 121 Å². The number of benzene rings is 1. The second-order valence-electron chi connectivity index (χ2n) is 5.28. The average Bonchev–Trinajstić information content (AvgIpc) is 3.01. The highest BCUT2D eigenvalue weighted by Gasteiger charge is 2.21. The minimum absolute atomic E-state index is 0.562. The number of fused-ring (bicyclic) bond motifs is 1. The lowest BCUT2D eigenvalue weighted by molar-refractivity contribution is 0.814. The summed E-state index contributed by atoms with van der Waals surface area (Å²) in [6.45, 7) is 3.99. The molecule has 0 bridgehead atoms. The Kier molecular flexibility index (Phi) is 2.67. The highest BCUT2D eigenvalue weighted by atomic mass is 15.2. The van der Waals surface area contributed by atoms with Gasteiger partial charge in [0, 0.05) is 6.04 Å². The van der Waals surface area contributed by atoms with Crippen molar-refractivity contribution in [3.05, 3.63) is 42.9 Å². The van der Waals surface area contributed by atoms with E-state index in [2.05, 4.69) is 37.4 Å². The van der Waals surface area contributed by atoms with E-state index in [1.165, 1.54) is 12.8 Å². The van der Waals surface area contributed by atoms with E-state index in [-0.39, 0.29) is 0 Å². The third-order valence-electron chi connectivity index (χ3n) is 3.51. The summed E-state index contributed by atoms with van der Waals surface area (Å²) in [6.07, 6.45) is 4.16. The molecule has 1 aliphatic carbocycles. The molecule has 1 fully saturated rings. The van der Waals surface area contributed by atoms with E-state index in [0.29, 0.717) is 6.04 Å². The maximum atomic E-state index is 4.58. The lowest BCUT2D eigenvalue weighted by Gasteiger charge is -2.10. The van der Waals surface area contributed by atoms with E-state index < -0.39 is 0 Å². The Balaban J connectivity index is 1.62. The molecular weight excluding hydrogens is 264 g/mol. The number of anilines is 1. The molecule has 3 aromatic rings. The predicted octanol–water partition coefficient (Wildman–Crippen LogP) is 2.59. The lowest BCUT2D eigenvalue weighted by Crippen LogP contribution is -2.20. The highest BCUT2D eigenvalue weighted by molar-refractivity contribution is 5.81. The molecule has 0 radical (unpaired) electrons. The van der Waals surface area contributed by atoms with Crippen molar-refractivity contribution in [2.45, 2.75) is 18.9 Å². The molecule has 6 heteroatoms. The second-order valence-corrected chi connectivity index (χ2v) is 5.28. The molecule has 2 aromatic heterocycles. The van der Waals surface area contributed by atoms with Crippen LogP contribution < -0.4 is 10.6 Å². The van der Waals surface area contributed by atoms with Crippen LogP contribution in [0, 0.1) is 0 Å². The largest absolute Gasteiger partial charge is 0.369 e. The third kappa shape index (κ3) is 2.35. The fourth-order valence-electron chi connectivity index (χ4n) is 2.31. The van der Waals surface area contributed by atoms with Gasteiger partial charge in [0.15, 0.2) is 5.82 Å². The number of hydrogen-bond acceptors (Lipinski definition) is 4. The molecule has 1 aliphatic rings. The predicted molar refractivity (Wildman–Crippen MR) is 82.6 cm³/mol. The van der Waals surface area contributed by atoms with Crippen molar-refractivity contribution < 1.29 is 0 Å². The normalized spacial score (nSPS) is 14.3. The van der Waals surface area contributed by atoms with Gasteiger partial charge in [-0.3, -0.25) is 5.10 Å². The molecule has 1 saturated carbocycles. The quantitative estimate of drug-likeness (QED) is 0.579. The fraction of sp³-hybridized carbons (Fsp3) is 0.200. The topological polar surface area (TPSA) is 81.4 Å². The van der Waals surface area contributed by atoms with Gasteiger partial charge in [0.2, 0.25) is 0 Å². The maximum Gasteiger partial charge on any atom is 0.158 e. The minimum atomic E-state index is 0.562. The molecule has 6 nitrogen and oxygen atoms in total. The van der Waals surface area contributed by atoms with Crippen molar-refractivity contribution in [3.8, 4) is 11.5 Å². The zero-order chi connectivity index (χ0) is 14.2. The number of nitrogens with zero attached hydrogens (tertiary/aromatic N) is 2. The Bertz CT molecular complexity index is 762. The van der Waals surface area contributed by atoms with Crippen molar-refractivity contribution in [1.29, 1.82) is 0 Å². The fourth-order valence-corrected chi connectivity index (χ4v) is 2.31. The summed E-state index contributed by atoms with van der Waals surface area (Å²) in [7, 11) is 0. The van der Waals surface area contributed by atoms with Crippen LogP contribution in [0.1, 0.15) is 12.8 Å². The Morgan fingerprint density at radius 1 is 1.29 bits per heavy atom. The van der Waals surface area contributed by atoms with Gasteiger partial charge in [-0.15, -0.1) is 0 Å². The van der Waals surface area contributed by atoms with Crippen LogP contribution in [0.5, 0.6) is 0 Å². The molecular formula is C15H16N6. The molecule has 0 unspecified atom stereocenters. The lowest BCUT2D eigenvalue weighted by atomic mass is 10.3. The van der Waals surface area contributed by atoms with Crippen LogP contribution in [0.2, 0.25) is 0 Å². The minimum Gasteiger partial charge on any atom is -0.369 e. The van der Waals surface area contributed by atoms with Gasteiger partial charge in [0.1, 0.15) is 5.69 Å². The molecule has 0 saturated heterocycles. The van der Waals surface area contributed by atoms with Crippen LogP contribution in [0.3, 0.4) is 0 Å². The first kappa shape index (κ1) is 12.0. The van der Waals surface area contributed by atoms with Gasteiger partial charge in [-0.2, -0.15) is 5.10 Å². The van der Waals surface area contributed by atoms with E-state index in [4.69, 9.17) is 0 Å². The number of hydrogen-bond donors (Lipinski definition) is 4. The molecule has 4 N–H and O–H groups in total. The molecule has 4 rings (SSSR count). The zero-order valence-corrected chi connectivity index (χ0v) is 11.5. The first-order valence-corrected chi connectivity index (χ1v) is 7.00. The molecule has 0 atom stereocenters. The van der Waals surface area contributed by atoms with Gasteiger partial charge < -0.3 is 15.6 Å². The summed E-state index contributed by atoms with van der Waals surface area (Å²) in [5.41, 5.74) is 3.61. The summed E-state index contributed by atoms with van der Waals surface area (Å²) in [6, 6.07) is 8.50. The number of aromatic amines is 2. The Morgan fingerprint density at radius 3 is 2.95 bits per heavy atom. The van der Waals surface area contributed by atoms with E-state index in [1.54, 1.807) is 6.20 Å². The van der Waals surface area contributed by atoms with E-state index in [1.807, 2.05) is 24.3 Å². The molecule has 106 valence electrons. The highest BCUT2D eigenvalue weighted by Crippen LogP contribution is 2.26. The van der Waals surface area contributed by atoms with E-state index in [0.717, 1.165) is 34.1 Å². The molecule has 1 aromatic carbocycles. The van der Waals surface area contributed by atoms with Gasteiger partial charge in [-0.25, -0.2) is 4.98 Å². The maximum absolute atomic E-state index is 4.58. The van der Waals surface area contributed by atoms with Crippen LogP contribution in [0.25, 0.3) is 22.6 Å². The van der Waals surface area contributed by atoms with Crippen LogP contribution in [-0.4, -0.2) is 26.2 Å². The Hall–Kier alpha value is -2.76. The summed E-state index contributed by atoms with van der Waals surface area (Å²) in [5.74, 6) is 1.55. The van der Waals surface area contributed by atoms with Crippen LogP contribution >= 0.6 is 0 Å². The van der Waals surface area contributed by atoms with Crippen molar-refractivity contribution in [1.82, 2.24) is 25.5 Å². The van der Waals surface area contributed by atoms with Crippen LogP contribution in [-0.2, 0) is 0 Å². The number of rotatable bonds is 5. The van der Waals surface area contributed by atoms with E-state index >= 15 is 0 Å². The molecule has 0 spiro atoms. The van der Waals surface area contributed by atoms with Gasteiger partial charge >= 0.3 is 0 Å². The summed E-state index contributed by atoms with van der Waals surface area (Å²) in [4.78, 5) is 7.87. The molecule has 0 aliphatic heterocycles. The van der Waals surface area contributed by atoms with Crippen molar-refractivity contribution in [2.75, 3.05) is 5.32 Å². The third-order valence-corrected chi connectivity index (χ3v) is 3.51. The van der Waals surface area contributed by atoms with Crippen molar-refractivity contribution in [2.24, 2.45) is 0 Å². The van der Waals surface area contributed by atoms with Gasteiger partial charge in [-0.05, 0) is 25.0 Å². The van der Waals surface area contributed by atoms with Crippen molar-refractivity contribution in [3.63, 3.8) is 0 Å². The molecule has 2 heterocycles. The SMILES string of the molecule is C=C(Nc1cn[nH]c1-c1nc2ccccc2[nH]1)NC1CC1. The van der Waals surface area contributed by atoms with E-state index in [9.17, 15) is 0 Å². The summed E-state index contributed by atoms with van der Waals surface area (Å²) < 4.78 is 0. The number of para-hydroxylation sites is 2. The van der Waals surface area contributed by atoms with Crippen LogP contribution in [0.15, 0.2) is 42.9 Å². The number of nitrogens with one attached hydrogen (secondary N) is 4. The zero-order valence-electron chi connectivity index (χ0n) is 11.5. The van der Waals surface area contributed by atoms with Gasteiger partial charge in [0.05, 0.1) is 28.7 Å². The monoisotopic (exact) mass is 280 g/mol. The first-order chi connectivity index (χ1) is 10.3. The summed E-state index contributed by atoms with van der Waals surface area (Å²) >= 11 is 0. The standard InChI is InChI=1S/C15H16N6/c1-9(17-10-6-7-10)18-13-8-16-21-14(13)15-19-11-4-2-3-5-12(11)20-15/h2-5,8,10,17-18H,1,6-7H2,(H,16,21)(H,19,20). The number of imidazole rings is 1. The van der Waals surface area contributed by atoms with Gasteiger partial charge in [-0.1, -0.05) is 18.7 Å². The molecule has 0 amide bonds. The van der Waals surface area contributed by atoms with Crippen LogP contribution in [0.4, 0.5) is 5.69 Å².